The molecule has 26 heavy (non-hydrogen) atoms. The molecule has 4 nitrogen and oxygen atoms in total. The average molecular weight is 492 g/mol. The lowest BCUT2D eigenvalue weighted by molar-refractivity contribution is -0.306. The third kappa shape index (κ3) is 2.10. The summed E-state index contributed by atoms with van der Waals surface area (Å²) in [5.41, 5.74) is -3.78. The Kier molecular flexibility index (Phi) is 2.91. The van der Waals surface area contributed by atoms with E-state index in [-0.39, 0.29) is 19.5 Å². The van der Waals surface area contributed by atoms with E-state index in [1.165, 1.54) is 0 Å². The van der Waals surface area contributed by atoms with Gasteiger partial charge in [-0.25, -0.2) is 0 Å². The van der Waals surface area contributed by atoms with E-state index in [4.69, 9.17) is 0 Å². The molecule has 8 aliphatic carbocycles. The molecule has 8 bridgehead atoms. The van der Waals surface area contributed by atoms with Gasteiger partial charge >= 0.3 is 0 Å². The maximum Gasteiger partial charge on any atom is 0.0694 e. The highest BCUT2D eigenvalue weighted by Gasteiger charge is 2.77. The van der Waals surface area contributed by atoms with Gasteiger partial charge in [0.2, 0.25) is 0 Å². The monoisotopic (exact) mass is 490 g/mol. The minimum atomic E-state index is -0.832. The van der Waals surface area contributed by atoms with Crippen LogP contribution in [0.15, 0.2) is 0 Å². The van der Waals surface area contributed by atoms with Crippen LogP contribution in [0, 0.1) is 10.8 Å². The van der Waals surface area contributed by atoms with Crippen LogP contribution in [-0.4, -0.2) is 51.5 Å². The first kappa shape index (κ1) is 17.6. The van der Waals surface area contributed by atoms with Crippen molar-refractivity contribution in [1.82, 2.24) is 0 Å². The molecule has 6 heteroatoms. The fourth-order valence-corrected chi connectivity index (χ4v) is 13.1. The lowest BCUT2D eigenvalue weighted by Crippen LogP contribution is -2.77. The van der Waals surface area contributed by atoms with E-state index in [9.17, 15) is 20.4 Å². The maximum atomic E-state index is 11.4. The van der Waals surface area contributed by atoms with E-state index in [1.807, 2.05) is 0 Å². The fraction of sp³-hybridized carbons (Fsp3) is 1.00. The highest BCUT2D eigenvalue weighted by molar-refractivity contribution is 9.10. The smallest absolute Gasteiger partial charge is 0.0694 e. The normalized spacial score (nSPS) is 70.8. The zero-order valence-electron chi connectivity index (χ0n) is 15.0. The molecule has 0 spiro atoms. The Morgan fingerprint density at radius 1 is 0.385 bits per heavy atom. The molecule has 0 saturated heterocycles. The SMILES string of the molecule is OC12CC3(O)CC(Br)(C1)CC(C14CC5(O)CC(O)(CC(Br)(C5)C1)C4)(C2)C3. The summed E-state index contributed by atoms with van der Waals surface area (Å²) >= 11 is 7.85. The van der Waals surface area contributed by atoms with Crippen LogP contribution in [-0.2, 0) is 0 Å². The number of aliphatic hydroxyl groups is 4. The molecule has 0 aliphatic heterocycles. The van der Waals surface area contributed by atoms with Gasteiger partial charge in [-0.05, 0) is 75.0 Å². The number of hydrogen-bond acceptors (Lipinski definition) is 4. The molecule has 8 rings (SSSR count). The molecule has 0 aromatic carbocycles. The molecule has 8 aliphatic rings. The number of hydrogen-bond donors (Lipinski definition) is 4. The Morgan fingerprint density at radius 3 is 0.885 bits per heavy atom. The first-order valence-corrected chi connectivity index (χ1v) is 11.6. The topological polar surface area (TPSA) is 80.9 Å². The largest absolute Gasteiger partial charge is 0.390 e. The van der Waals surface area contributed by atoms with E-state index in [0.29, 0.717) is 64.2 Å². The Balaban J connectivity index is 1.53. The van der Waals surface area contributed by atoms with Crippen LogP contribution in [0.4, 0.5) is 0 Å². The minimum absolute atomic E-state index is 0.223. The predicted molar refractivity (Wildman–Crippen MR) is 103 cm³/mol. The molecule has 0 amide bonds. The summed E-state index contributed by atoms with van der Waals surface area (Å²) in [6.07, 6.45) is 8.41. The molecule has 4 atom stereocenters. The molecule has 0 heterocycles. The van der Waals surface area contributed by atoms with Crippen LogP contribution in [0.3, 0.4) is 0 Å². The van der Waals surface area contributed by atoms with Gasteiger partial charge < -0.3 is 20.4 Å². The maximum absolute atomic E-state index is 11.4. The number of alkyl halides is 2. The van der Waals surface area contributed by atoms with Crippen molar-refractivity contribution < 1.29 is 20.4 Å². The van der Waals surface area contributed by atoms with Crippen LogP contribution in [0.5, 0.6) is 0 Å². The van der Waals surface area contributed by atoms with E-state index >= 15 is 0 Å². The van der Waals surface area contributed by atoms with Gasteiger partial charge in [0.05, 0.1) is 22.4 Å². The van der Waals surface area contributed by atoms with E-state index in [2.05, 4.69) is 31.9 Å². The predicted octanol–water partition coefficient (Wildman–Crippen LogP) is 2.91. The van der Waals surface area contributed by atoms with Crippen molar-refractivity contribution in [3.05, 3.63) is 0 Å². The lowest BCUT2D eigenvalue weighted by atomic mass is 9.32. The Morgan fingerprint density at radius 2 is 0.654 bits per heavy atom. The molecule has 4 unspecified atom stereocenters. The number of halogens is 2. The highest BCUT2D eigenvalue weighted by Crippen LogP contribution is 2.79. The molecule has 8 fully saturated rings. The van der Waals surface area contributed by atoms with Gasteiger partial charge in [-0.15, -0.1) is 0 Å². The van der Waals surface area contributed by atoms with Gasteiger partial charge in [-0.2, -0.15) is 0 Å². The van der Waals surface area contributed by atoms with Gasteiger partial charge in [0.15, 0.2) is 0 Å². The highest BCUT2D eigenvalue weighted by atomic mass is 79.9. The van der Waals surface area contributed by atoms with E-state index in [0.717, 1.165) is 12.8 Å². The minimum Gasteiger partial charge on any atom is -0.390 e. The zero-order valence-corrected chi connectivity index (χ0v) is 18.2. The van der Waals surface area contributed by atoms with Crippen molar-refractivity contribution in [3.8, 4) is 0 Å². The molecule has 0 radical (unpaired) electrons. The number of rotatable bonds is 1. The van der Waals surface area contributed by atoms with Crippen LogP contribution in [0.2, 0.25) is 0 Å². The zero-order chi connectivity index (χ0) is 18.5. The van der Waals surface area contributed by atoms with Crippen molar-refractivity contribution in [1.29, 1.82) is 0 Å². The second kappa shape index (κ2) is 4.29. The Hall–Kier alpha value is 0.800. The molecular formula is C20H28Br2O4. The van der Waals surface area contributed by atoms with Crippen LogP contribution >= 0.6 is 31.9 Å². The average Bonchev–Trinajstić information content (AvgIpc) is 2.25. The lowest BCUT2D eigenvalue weighted by Gasteiger charge is -2.76. The summed E-state index contributed by atoms with van der Waals surface area (Å²) < 4.78 is -0.446. The first-order valence-electron chi connectivity index (χ1n) is 10.0. The summed E-state index contributed by atoms with van der Waals surface area (Å²) in [7, 11) is 0. The van der Waals surface area contributed by atoms with E-state index < -0.39 is 22.4 Å². The summed E-state index contributed by atoms with van der Waals surface area (Å²) in [6.45, 7) is 0. The summed E-state index contributed by atoms with van der Waals surface area (Å²) in [5.74, 6) is 0. The third-order valence-corrected chi connectivity index (χ3v) is 10.7. The second-order valence-electron chi connectivity index (χ2n) is 11.9. The van der Waals surface area contributed by atoms with Gasteiger partial charge in [0.25, 0.3) is 0 Å². The third-order valence-electron chi connectivity index (χ3n) is 9.00. The van der Waals surface area contributed by atoms with Gasteiger partial charge in [-0.1, -0.05) is 31.9 Å². The quantitative estimate of drug-likeness (QED) is 0.425. The van der Waals surface area contributed by atoms with Gasteiger partial charge in [0.1, 0.15) is 0 Å². The van der Waals surface area contributed by atoms with Crippen molar-refractivity contribution in [2.24, 2.45) is 10.8 Å². The van der Waals surface area contributed by atoms with E-state index in [1.54, 1.807) is 0 Å². The standard InChI is InChI=1S/C20H28Br2O4/c21-15-1-13(3-17(23,7-15)11-18(24,4-13)8-15)14-2-16(22)9-19(25,5-14)12-20(26,6-14)10-16/h23-26H,1-12H2. The second-order valence-corrected chi connectivity index (χ2v) is 15.2. The summed E-state index contributed by atoms with van der Waals surface area (Å²) in [5, 5.41) is 45.5. The Labute approximate surface area is 171 Å². The molecular weight excluding hydrogens is 464 g/mol. The Bertz CT molecular complexity index is 556. The molecule has 8 saturated carbocycles. The van der Waals surface area contributed by atoms with Crippen LogP contribution < -0.4 is 0 Å². The summed E-state index contributed by atoms with van der Waals surface area (Å²) in [6, 6.07) is 0. The van der Waals surface area contributed by atoms with Crippen molar-refractivity contribution >= 4 is 31.9 Å². The molecule has 4 N–H and O–H groups in total. The van der Waals surface area contributed by atoms with Crippen molar-refractivity contribution in [3.63, 3.8) is 0 Å². The molecule has 0 aromatic heterocycles. The first-order chi connectivity index (χ1) is 11.7. The fourth-order valence-electron chi connectivity index (χ4n) is 9.94. The van der Waals surface area contributed by atoms with Gasteiger partial charge in [-0.3, -0.25) is 0 Å². The van der Waals surface area contributed by atoms with Crippen molar-refractivity contribution in [2.75, 3.05) is 0 Å². The van der Waals surface area contributed by atoms with Crippen LogP contribution in [0.1, 0.15) is 77.0 Å². The molecule has 0 aromatic rings. The van der Waals surface area contributed by atoms with Crippen molar-refractivity contribution in [2.45, 2.75) is 108 Å². The van der Waals surface area contributed by atoms with Gasteiger partial charge in [0, 0.05) is 21.5 Å². The van der Waals surface area contributed by atoms with Crippen LogP contribution in [0.25, 0.3) is 0 Å². The summed E-state index contributed by atoms with van der Waals surface area (Å²) in [4.78, 5) is 0. The molecule has 146 valence electrons.